The molecule has 174 valence electrons. The third-order valence-corrected chi connectivity index (χ3v) is 7.00. The molecular weight excluding hydrogens is 442 g/mol. The highest BCUT2D eigenvalue weighted by Gasteiger charge is 2.59. The Hall–Kier alpha value is -4.33. The molecule has 2 aliphatic rings. The van der Waals surface area contributed by atoms with Crippen molar-refractivity contribution in [2.24, 2.45) is 0 Å². The van der Waals surface area contributed by atoms with Crippen LogP contribution in [0.2, 0.25) is 0 Å². The largest absolute Gasteiger partial charge is 0.453 e. The number of nitrogens with zero attached hydrogens (tertiary/aromatic N) is 5. The lowest BCUT2D eigenvalue weighted by molar-refractivity contribution is -0.128. The molecule has 8 nitrogen and oxygen atoms in total. The van der Waals surface area contributed by atoms with Gasteiger partial charge in [-0.25, -0.2) is 14.8 Å². The maximum atomic E-state index is 13.9. The molecule has 4 aromatic rings. The monoisotopic (exact) mass is 465 g/mol. The SMILES string of the molecule is COC(=O)N1CC2(C1)C(=O)N(Cc1ncc3cc(C)ccc3c1-c1cncnc1)c1ccccc12. The standard InChI is InChI=1S/C27H23N5O3/c1-17-7-8-20-18(9-17)12-30-22(24(20)19-10-28-16-29-11-19)13-32-23-6-4-3-5-21(23)27(25(32)33)14-31(15-27)26(34)35-2/h3-12,16H,13-15H2,1-2H3. The van der Waals surface area contributed by atoms with Crippen LogP contribution in [0.4, 0.5) is 10.5 Å². The fourth-order valence-corrected chi connectivity index (χ4v) is 5.33. The molecule has 0 aliphatic carbocycles. The third kappa shape index (κ3) is 3.17. The summed E-state index contributed by atoms with van der Waals surface area (Å²) in [6, 6.07) is 14.0. The first kappa shape index (κ1) is 21.2. The minimum absolute atomic E-state index is 0.0279. The van der Waals surface area contributed by atoms with Crippen LogP contribution in [0, 0.1) is 6.92 Å². The Morgan fingerprint density at radius 1 is 1.09 bits per heavy atom. The topological polar surface area (TPSA) is 88.5 Å². The summed E-state index contributed by atoms with van der Waals surface area (Å²) < 4.78 is 4.86. The summed E-state index contributed by atoms with van der Waals surface area (Å²) in [7, 11) is 1.35. The van der Waals surface area contributed by atoms with Gasteiger partial charge in [-0.2, -0.15) is 0 Å². The Labute approximate surface area is 202 Å². The molecule has 1 saturated heterocycles. The number of fused-ring (bicyclic) bond motifs is 3. The number of aryl methyl sites for hydroxylation is 1. The average Bonchev–Trinajstić information content (AvgIpc) is 3.11. The second-order valence-corrected chi connectivity index (χ2v) is 9.11. The van der Waals surface area contributed by atoms with Gasteiger partial charge in [-0.1, -0.05) is 35.9 Å². The van der Waals surface area contributed by atoms with E-state index < -0.39 is 11.5 Å². The van der Waals surface area contributed by atoms with Crippen LogP contribution in [0.25, 0.3) is 21.9 Å². The molecular formula is C27H23N5O3. The van der Waals surface area contributed by atoms with Crippen molar-refractivity contribution < 1.29 is 14.3 Å². The highest BCUT2D eigenvalue weighted by atomic mass is 16.5. The van der Waals surface area contributed by atoms with E-state index in [0.29, 0.717) is 19.6 Å². The molecule has 0 radical (unpaired) electrons. The van der Waals surface area contributed by atoms with E-state index in [-0.39, 0.29) is 5.91 Å². The lowest BCUT2D eigenvalue weighted by atomic mass is 9.75. The van der Waals surface area contributed by atoms with E-state index in [2.05, 4.69) is 28.2 Å². The van der Waals surface area contributed by atoms with E-state index in [1.165, 1.54) is 13.4 Å². The Balaban J connectivity index is 1.44. The summed E-state index contributed by atoms with van der Waals surface area (Å²) >= 11 is 0. The molecule has 2 aromatic carbocycles. The highest BCUT2D eigenvalue weighted by molar-refractivity contribution is 6.10. The normalized spacial score (nSPS) is 15.9. The van der Waals surface area contributed by atoms with E-state index in [1.54, 1.807) is 22.2 Å². The third-order valence-electron chi connectivity index (χ3n) is 7.00. The number of ether oxygens (including phenoxy) is 1. The second kappa shape index (κ2) is 7.87. The van der Waals surface area contributed by atoms with Gasteiger partial charge in [0.15, 0.2) is 0 Å². The van der Waals surface area contributed by atoms with E-state index in [9.17, 15) is 9.59 Å². The van der Waals surface area contributed by atoms with Crippen LogP contribution >= 0.6 is 0 Å². The first-order valence-corrected chi connectivity index (χ1v) is 11.4. The first-order chi connectivity index (χ1) is 17.0. The quantitative estimate of drug-likeness (QED) is 0.456. The average molecular weight is 466 g/mol. The molecule has 0 bridgehead atoms. The summed E-state index contributed by atoms with van der Waals surface area (Å²) in [5, 5.41) is 2.05. The van der Waals surface area contributed by atoms with Crippen molar-refractivity contribution in [1.29, 1.82) is 0 Å². The zero-order valence-electron chi connectivity index (χ0n) is 19.4. The van der Waals surface area contributed by atoms with Crippen molar-refractivity contribution in [3.63, 3.8) is 0 Å². The molecule has 1 fully saturated rings. The van der Waals surface area contributed by atoms with Gasteiger partial charge in [0.2, 0.25) is 5.91 Å². The van der Waals surface area contributed by atoms with E-state index in [0.717, 1.165) is 44.4 Å². The molecule has 2 amide bonds. The summed E-state index contributed by atoms with van der Waals surface area (Å²) in [6.07, 6.45) is 6.48. The minimum Gasteiger partial charge on any atom is -0.453 e. The number of methoxy groups -OCH3 is 1. The Morgan fingerprint density at radius 2 is 1.86 bits per heavy atom. The van der Waals surface area contributed by atoms with Gasteiger partial charge in [0.1, 0.15) is 11.7 Å². The maximum Gasteiger partial charge on any atom is 0.409 e. The van der Waals surface area contributed by atoms with Gasteiger partial charge in [0, 0.05) is 53.9 Å². The Morgan fingerprint density at radius 3 is 2.63 bits per heavy atom. The van der Waals surface area contributed by atoms with Gasteiger partial charge >= 0.3 is 6.09 Å². The molecule has 2 aromatic heterocycles. The van der Waals surface area contributed by atoms with Crippen molar-refractivity contribution in [2.75, 3.05) is 25.1 Å². The summed E-state index contributed by atoms with van der Waals surface area (Å²) in [6.45, 7) is 2.95. The number of carbonyl (C=O) groups excluding carboxylic acids is 2. The lowest BCUT2D eigenvalue weighted by Crippen LogP contribution is -2.65. The van der Waals surface area contributed by atoms with Crippen molar-refractivity contribution in [1.82, 2.24) is 19.9 Å². The number of anilines is 1. The van der Waals surface area contributed by atoms with Crippen molar-refractivity contribution in [3.8, 4) is 11.1 Å². The van der Waals surface area contributed by atoms with Gasteiger partial charge < -0.3 is 14.5 Å². The number of hydrogen-bond donors (Lipinski definition) is 0. The number of rotatable bonds is 3. The molecule has 0 atom stereocenters. The van der Waals surface area contributed by atoms with Crippen molar-refractivity contribution in [2.45, 2.75) is 18.9 Å². The molecule has 6 rings (SSSR count). The van der Waals surface area contributed by atoms with E-state index in [1.807, 2.05) is 37.4 Å². The van der Waals surface area contributed by atoms with Crippen molar-refractivity contribution >= 4 is 28.5 Å². The molecule has 0 N–H and O–H groups in total. The number of pyridine rings is 1. The molecule has 0 unspecified atom stereocenters. The molecule has 4 heterocycles. The lowest BCUT2D eigenvalue weighted by Gasteiger charge is -2.45. The zero-order chi connectivity index (χ0) is 24.2. The van der Waals surface area contributed by atoms with Crippen molar-refractivity contribution in [3.05, 3.63) is 84.2 Å². The fraction of sp³-hybridized carbons (Fsp3) is 0.222. The van der Waals surface area contributed by atoms with Crippen LogP contribution in [0.5, 0.6) is 0 Å². The van der Waals surface area contributed by atoms with Gasteiger partial charge in [-0.15, -0.1) is 0 Å². The van der Waals surface area contributed by atoms with E-state index in [4.69, 9.17) is 9.72 Å². The predicted molar refractivity (Wildman–Crippen MR) is 131 cm³/mol. The summed E-state index contributed by atoms with van der Waals surface area (Å²) in [4.78, 5) is 42.5. The van der Waals surface area contributed by atoms with Gasteiger partial charge in [-0.05, 0) is 30.0 Å². The molecule has 2 aliphatic heterocycles. The van der Waals surface area contributed by atoms with Crippen LogP contribution in [0.3, 0.4) is 0 Å². The highest BCUT2D eigenvalue weighted by Crippen LogP contribution is 2.48. The maximum absolute atomic E-state index is 13.9. The van der Waals surface area contributed by atoms with Crippen LogP contribution in [-0.2, 0) is 21.5 Å². The number of aromatic nitrogens is 3. The predicted octanol–water partition coefficient (Wildman–Crippen LogP) is 3.87. The molecule has 0 saturated carbocycles. The zero-order valence-corrected chi connectivity index (χ0v) is 19.4. The van der Waals surface area contributed by atoms with Crippen LogP contribution in [-0.4, -0.2) is 52.1 Å². The number of hydrogen-bond acceptors (Lipinski definition) is 6. The fourth-order valence-electron chi connectivity index (χ4n) is 5.33. The smallest absolute Gasteiger partial charge is 0.409 e. The van der Waals surface area contributed by atoms with E-state index >= 15 is 0 Å². The number of para-hydroxylation sites is 1. The van der Waals surface area contributed by atoms with Gasteiger partial charge in [-0.3, -0.25) is 9.78 Å². The number of likely N-dealkylation sites (tertiary alicyclic amines) is 1. The number of amides is 2. The molecule has 35 heavy (non-hydrogen) atoms. The van der Waals surface area contributed by atoms with Crippen LogP contribution in [0.1, 0.15) is 16.8 Å². The summed E-state index contributed by atoms with van der Waals surface area (Å²) in [5.41, 5.74) is 4.70. The van der Waals surface area contributed by atoms with Gasteiger partial charge in [0.05, 0.1) is 19.3 Å². The van der Waals surface area contributed by atoms with Gasteiger partial charge in [0.25, 0.3) is 0 Å². The Kier molecular flexibility index (Phi) is 4.77. The first-order valence-electron chi connectivity index (χ1n) is 11.4. The number of carbonyl (C=O) groups is 2. The molecule has 8 heteroatoms. The minimum atomic E-state index is -0.755. The van der Waals surface area contributed by atoms with Crippen LogP contribution in [0.15, 0.2) is 67.4 Å². The number of benzene rings is 2. The summed E-state index contributed by atoms with van der Waals surface area (Å²) in [5.74, 6) is -0.0279. The Bertz CT molecular complexity index is 1480. The molecule has 1 spiro atoms. The second-order valence-electron chi connectivity index (χ2n) is 9.11. The van der Waals surface area contributed by atoms with Crippen LogP contribution < -0.4 is 4.90 Å².